The second-order valence-electron chi connectivity index (χ2n) is 2.43. The zero-order valence-electron chi connectivity index (χ0n) is 7.30. The van der Waals surface area contributed by atoms with Crippen LogP contribution in [0.3, 0.4) is 0 Å². The third kappa shape index (κ3) is 2.20. The number of rotatable bonds is 4. The van der Waals surface area contributed by atoms with Crippen LogP contribution >= 0.6 is 11.6 Å². The Hall–Kier alpha value is -1.62. The largest absolute Gasteiger partial charge is 0.375 e. The summed E-state index contributed by atoms with van der Waals surface area (Å²) in [4.78, 5) is 17.4. The molecule has 1 heterocycles. The Bertz CT molecular complexity index is 412. The lowest BCUT2D eigenvalue weighted by molar-refractivity contribution is 1.09. The van der Waals surface area contributed by atoms with Gasteiger partial charge in [-0.2, -0.15) is 0 Å². The van der Waals surface area contributed by atoms with E-state index in [0.717, 1.165) is 6.21 Å². The van der Waals surface area contributed by atoms with Gasteiger partial charge in [0, 0.05) is 12.8 Å². The molecule has 1 aromatic heterocycles. The Morgan fingerprint density at radius 2 is 2.43 bits per heavy atom. The van der Waals surface area contributed by atoms with Gasteiger partial charge < -0.3 is 10.7 Å². The molecular formula is C8H9ClN4O. The zero-order valence-corrected chi connectivity index (χ0v) is 8.06. The molecule has 0 aliphatic rings. The van der Waals surface area contributed by atoms with Gasteiger partial charge >= 0.3 is 0 Å². The van der Waals surface area contributed by atoms with Gasteiger partial charge in [0.25, 0.3) is 5.56 Å². The first-order chi connectivity index (χ1) is 6.69. The molecule has 0 bridgehead atoms. The summed E-state index contributed by atoms with van der Waals surface area (Å²) < 4.78 is 0. The minimum Gasteiger partial charge on any atom is -0.375 e. The van der Waals surface area contributed by atoms with Crippen LogP contribution < -0.4 is 10.9 Å². The molecule has 0 amide bonds. The molecule has 0 unspecified atom stereocenters. The average molecular weight is 213 g/mol. The third-order valence-corrected chi connectivity index (χ3v) is 1.66. The van der Waals surface area contributed by atoms with Gasteiger partial charge in [0.1, 0.15) is 11.4 Å². The van der Waals surface area contributed by atoms with E-state index >= 15 is 0 Å². The lowest BCUT2D eigenvalue weighted by Crippen LogP contribution is -2.18. The Kier molecular flexibility index (Phi) is 3.41. The van der Waals surface area contributed by atoms with Crippen LogP contribution in [0, 0.1) is 5.41 Å². The van der Waals surface area contributed by atoms with Crippen molar-refractivity contribution in [3.05, 3.63) is 34.0 Å². The van der Waals surface area contributed by atoms with Crippen LogP contribution in [-0.2, 0) is 0 Å². The predicted molar refractivity (Wildman–Crippen MR) is 56.4 cm³/mol. The van der Waals surface area contributed by atoms with Crippen molar-refractivity contribution in [3.63, 3.8) is 0 Å². The number of anilines is 1. The van der Waals surface area contributed by atoms with Crippen LogP contribution in [0.5, 0.6) is 0 Å². The van der Waals surface area contributed by atoms with Crippen molar-refractivity contribution in [2.24, 2.45) is 0 Å². The number of H-pyrrole nitrogens is 1. The van der Waals surface area contributed by atoms with E-state index in [-0.39, 0.29) is 16.7 Å². The minimum absolute atomic E-state index is 0.0300. The highest BCUT2D eigenvalue weighted by molar-refractivity contribution is 6.28. The molecule has 0 saturated carbocycles. The topological polar surface area (TPSA) is 81.6 Å². The molecule has 74 valence electrons. The summed E-state index contributed by atoms with van der Waals surface area (Å²) >= 11 is 5.52. The highest BCUT2D eigenvalue weighted by Gasteiger charge is 2.07. The molecule has 0 radical (unpaired) electrons. The molecule has 3 N–H and O–H groups in total. The van der Waals surface area contributed by atoms with Crippen molar-refractivity contribution in [1.82, 2.24) is 9.97 Å². The molecule has 0 atom stereocenters. The molecule has 0 spiro atoms. The van der Waals surface area contributed by atoms with E-state index < -0.39 is 5.56 Å². The Labute approximate surface area is 85.3 Å². The minimum atomic E-state index is -0.398. The number of aromatic nitrogens is 2. The fourth-order valence-electron chi connectivity index (χ4n) is 0.912. The summed E-state index contributed by atoms with van der Waals surface area (Å²) in [6.07, 6.45) is 2.56. The first-order valence-corrected chi connectivity index (χ1v) is 4.22. The van der Waals surface area contributed by atoms with Crippen molar-refractivity contribution < 1.29 is 0 Å². The summed E-state index contributed by atoms with van der Waals surface area (Å²) in [5.41, 5.74) is 0.0373. The van der Waals surface area contributed by atoms with Crippen molar-refractivity contribution in [3.8, 4) is 0 Å². The first-order valence-electron chi connectivity index (χ1n) is 3.84. The maximum absolute atomic E-state index is 11.3. The number of nitrogens with one attached hydrogen (secondary N) is 3. The number of hydrogen-bond donors (Lipinski definition) is 3. The second-order valence-corrected chi connectivity index (χ2v) is 2.79. The molecule has 0 fully saturated rings. The molecule has 0 aromatic carbocycles. The van der Waals surface area contributed by atoms with E-state index in [2.05, 4.69) is 21.9 Å². The van der Waals surface area contributed by atoms with Crippen LogP contribution in [0.25, 0.3) is 0 Å². The Morgan fingerprint density at radius 1 is 1.71 bits per heavy atom. The predicted octanol–water partition coefficient (Wildman–Crippen LogP) is 1.02. The molecule has 0 aliphatic carbocycles. The quantitative estimate of drug-likeness (QED) is 0.396. The van der Waals surface area contributed by atoms with Crippen molar-refractivity contribution in [2.75, 3.05) is 11.9 Å². The first kappa shape index (κ1) is 10.5. The van der Waals surface area contributed by atoms with E-state index in [9.17, 15) is 4.79 Å². The Balaban J connectivity index is 3.18. The van der Waals surface area contributed by atoms with E-state index in [4.69, 9.17) is 17.0 Å². The van der Waals surface area contributed by atoms with Gasteiger partial charge in [0.2, 0.25) is 5.28 Å². The van der Waals surface area contributed by atoms with E-state index in [1.54, 1.807) is 6.08 Å². The van der Waals surface area contributed by atoms with Crippen LogP contribution in [0.4, 0.5) is 5.69 Å². The van der Waals surface area contributed by atoms with Gasteiger partial charge in [0.05, 0.1) is 0 Å². The van der Waals surface area contributed by atoms with E-state index in [1.165, 1.54) is 0 Å². The van der Waals surface area contributed by atoms with Crippen molar-refractivity contribution >= 4 is 23.5 Å². The smallest absolute Gasteiger partial charge is 0.275 e. The van der Waals surface area contributed by atoms with Gasteiger partial charge in [-0.25, -0.2) is 4.98 Å². The summed E-state index contributed by atoms with van der Waals surface area (Å²) in [5.74, 6) is 0. The fraction of sp³-hybridized carbons (Fsp3) is 0.125. The number of aromatic amines is 1. The van der Waals surface area contributed by atoms with Gasteiger partial charge in [-0.15, -0.1) is 6.58 Å². The van der Waals surface area contributed by atoms with Crippen molar-refractivity contribution in [1.29, 1.82) is 5.41 Å². The zero-order chi connectivity index (χ0) is 10.6. The van der Waals surface area contributed by atoms with E-state index in [1.807, 2.05) is 0 Å². The number of nitrogens with zero attached hydrogens (tertiary/aromatic N) is 1. The monoisotopic (exact) mass is 212 g/mol. The average Bonchev–Trinajstić information content (AvgIpc) is 2.15. The lowest BCUT2D eigenvalue weighted by atomic mass is 10.3. The number of halogens is 1. The Morgan fingerprint density at radius 3 is 3.00 bits per heavy atom. The van der Waals surface area contributed by atoms with Gasteiger partial charge in [-0.1, -0.05) is 6.08 Å². The second kappa shape index (κ2) is 4.57. The molecule has 6 heteroatoms. The highest BCUT2D eigenvalue weighted by atomic mass is 35.5. The van der Waals surface area contributed by atoms with Crippen LogP contribution in [0.15, 0.2) is 17.4 Å². The van der Waals surface area contributed by atoms with Crippen LogP contribution in [0.1, 0.15) is 5.69 Å². The maximum Gasteiger partial charge on any atom is 0.275 e. The van der Waals surface area contributed by atoms with Crippen LogP contribution in [-0.4, -0.2) is 22.7 Å². The molecule has 14 heavy (non-hydrogen) atoms. The molecule has 1 rings (SSSR count). The maximum atomic E-state index is 11.3. The summed E-state index contributed by atoms with van der Waals surface area (Å²) in [6.45, 7) is 3.92. The summed E-state index contributed by atoms with van der Waals surface area (Å²) in [7, 11) is 0. The SMILES string of the molecule is C=CCNc1c(C=N)nc(Cl)[nH]c1=O. The van der Waals surface area contributed by atoms with Gasteiger partial charge in [-0.3, -0.25) is 9.78 Å². The third-order valence-electron chi connectivity index (χ3n) is 1.48. The van der Waals surface area contributed by atoms with E-state index in [0.29, 0.717) is 6.54 Å². The van der Waals surface area contributed by atoms with Gasteiger partial charge in [0.15, 0.2) is 0 Å². The highest BCUT2D eigenvalue weighted by Crippen LogP contribution is 2.06. The molecule has 0 saturated heterocycles. The molecule has 0 aliphatic heterocycles. The molecule has 5 nitrogen and oxygen atoms in total. The lowest BCUT2D eigenvalue weighted by Gasteiger charge is -2.04. The molecule has 1 aromatic rings. The fourth-order valence-corrected chi connectivity index (χ4v) is 1.09. The van der Waals surface area contributed by atoms with Crippen LogP contribution in [0.2, 0.25) is 5.28 Å². The van der Waals surface area contributed by atoms with Gasteiger partial charge in [-0.05, 0) is 11.6 Å². The number of hydrogen-bond acceptors (Lipinski definition) is 4. The summed E-state index contributed by atoms with van der Waals surface area (Å²) in [5, 5.41) is 9.79. The normalized spacial score (nSPS) is 9.50. The summed E-state index contributed by atoms with van der Waals surface area (Å²) in [6, 6.07) is 0. The standard InChI is InChI=1S/C8H9ClN4O/c1-2-3-11-6-5(4-10)12-8(9)13-7(6)14/h2,4,10-11H,1,3H2,(H,12,13,14). The molecular weight excluding hydrogens is 204 g/mol. The van der Waals surface area contributed by atoms with Crippen molar-refractivity contribution in [2.45, 2.75) is 0 Å².